The predicted octanol–water partition coefficient (Wildman–Crippen LogP) is 3.44. The Morgan fingerprint density at radius 2 is 1.86 bits per heavy atom. The predicted molar refractivity (Wildman–Crippen MR) is 110 cm³/mol. The third kappa shape index (κ3) is 6.31. The summed E-state index contributed by atoms with van der Waals surface area (Å²) in [6.45, 7) is 4.07. The van der Waals surface area contributed by atoms with Crippen LogP contribution in [0.5, 0.6) is 11.5 Å². The molecule has 0 aliphatic rings. The van der Waals surface area contributed by atoms with Crippen molar-refractivity contribution < 1.29 is 22.7 Å². The molecule has 0 fully saturated rings. The molecular weight excluding hydrogens is 404 g/mol. The number of carbonyl (C=O) groups excluding carboxylic acids is 1. The van der Waals surface area contributed by atoms with E-state index in [9.17, 15) is 13.2 Å². The summed E-state index contributed by atoms with van der Waals surface area (Å²) >= 11 is 6.09. The van der Waals surface area contributed by atoms with Crippen molar-refractivity contribution in [1.29, 1.82) is 0 Å². The second kappa shape index (κ2) is 9.16. The van der Waals surface area contributed by atoms with Gasteiger partial charge in [0.1, 0.15) is 0 Å². The van der Waals surface area contributed by atoms with Crippen molar-refractivity contribution in [3.8, 4) is 11.5 Å². The standard InChI is InChI=1S/C19H23ClN2O5S/c1-12(2)27-17-8-5-13(9-18(17)26-3)11-21-19(23)15-10-14(6-7-16(15)20)22-28(4,24)25/h5-10,12,22H,11H2,1-4H3,(H,21,23). The summed E-state index contributed by atoms with van der Waals surface area (Å²) in [5, 5.41) is 2.98. The van der Waals surface area contributed by atoms with Gasteiger partial charge in [-0.15, -0.1) is 0 Å². The zero-order chi connectivity index (χ0) is 20.9. The summed E-state index contributed by atoms with van der Waals surface area (Å²) in [4.78, 5) is 12.5. The minimum atomic E-state index is -3.46. The van der Waals surface area contributed by atoms with E-state index < -0.39 is 15.9 Å². The maximum Gasteiger partial charge on any atom is 0.253 e. The summed E-state index contributed by atoms with van der Waals surface area (Å²) in [5.74, 6) is 0.761. The van der Waals surface area contributed by atoms with E-state index in [4.69, 9.17) is 21.1 Å². The lowest BCUT2D eigenvalue weighted by Gasteiger charge is -2.15. The van der Waals surface area contributed by atoms with Gasteiger partial charge in [-0.25, -0.2) is 8.42 Å². The molecule has 7 nitrogen and oxygen atoms in total. The van der Waals surface area contributed by atoms with Gasteiger partial charge in [0.15, 0.2) is 11.5 Å². The second-order valence-corrected chi connectivity index (χ2v) is 8.56. The average molecular weight is 427 g/mol. The van der Waals surface area contributed by atoms with Gasteiger partial charge < -0.3 is 14.8 Å². The van der Waals surface area contributed by atoms with E-state index in [2.05, 4.69) is 10.0 Å². The van der Waals surface area contributed by atoms with Crippen LogP contribution < -0.4 is 19.5 Å². The van der Waals surface area contributed by atoms with Gasteiger partial charge in [0, 0.05) is 12.2 Å². The number of sulfonamides is 1. The van der Waals surface area contributed by atoms with Crippen LogP contribution in [0.2, 0.25) is 5.02 Å². The molecule has 0 atom stereocenters. The van der Waals surface area contributed by atoms with Crippen molar-refractivity contribution in [2.45, 2.75) is 26.5 Å². The van der Waals surface area contributed by atoms with E-state index in [0.29, 0.717) is 11.5 Å². The molecule has 0 saturated heterocycles. The quantitative estimate of drug-likeness (QED) is 0.674. The first-order valence-electron chi connectivity index (χ1n) is 8.48. The lowest BCUT2D eigenvalue weighted by atomic mass is 10.1. The van der Waals surface area contributed by atoms with Gasteiger partial charge in [-0.2, -0.15) is 0 Å². The zero-order valence-electron chi connectivity index (χ0n) is 16.1. The first kappa shape index (κ1) is 21.8. The molecule has 1 amide bonds. The van der Waals surface area contributed by atoms with E-state index >= 15 is 0 Å². The minimum Gasteiger partial charge on any atom is -0.493 e. The Bertz CT molecular complexity index is 961. The molecule has 0 unspecified atom stereocenters. The van der Waals surface area contributed by atoms with Gasteiger partial charge in [0.05, 0.1) is 30.1 Å². The van der Waals surface area contributed by atoms with E-state index in [0.717, 1.165) is 11.8 Å². The van der Waals surface area contributed by atoms with Gasteiger partial charge in [0.2, 0.25) is 10.0 Å². The highest BCUT2D eigenvalue weighted by Crippen LogP contribution is 2.29. The largest absolute Gasteiger partial charge is 0.493 e. The number of ether oxygens (including phenoxy) is 2. The number of hydrogen-bond acceptors (Lipinski definition) is 5. The highest BCUT2D eigenvalue weighted by Gasteiger charge is 2.14. The van der Waals surface area contributed by atoms with Gasteiger partial charge in [0.25, 0.3) is 5.91 Å². The normalized spacial score (nSPS) is 11.2. The molecule has 0 spiro atoms. The number of benzene rings is 2. The molecule has 2 aromatic rings. The molecular formula is C19H23ClN2O5S. The van der Waals surface area contributed by atoms with Crippen LogP contribution in [0.25, 0.3) is 0 Å². The highest BCUT2D eigenvalue weighted by atomic mass is 35.5. The Morgan fingerprint density at radius 1 is 1.14 bits per heavy atom. The molecule has 152 valence electrons. The molecule has 0 aliphatic carbocycles. The lowest BCUT2D eigenvalue weighted by molar-refractivity contribution is 0.0951. The molecule has 0 aliphatic heterocycles. The van der Waals surface area contributed by atoms with E-state index in [1.807, 2.05) is 19.9 Å². The van der Waals surface area contributed by atoms with Gasteiger partial charge in [-0.1, -0.05) is 17.7 Å². The van der Waals surface area contributed by atoms with Crippen LogP contribution in [-0.2, 0) is 16.6 Å². The first-order valence-corrected chi connectivity index (χ1v) is 10.7. The number of hydrogen-bond donors (Lipinski definition) is 2. The fourth-order valence-corrected chi connectivity index (χ4v) is 3.19. The van der Waals surface area contributed by atoms with Crippen LogP contribution in [0.4, 0.5) is 5.69 Å². The molecule has 0 saturated carbocycles. The van der Waals surface area contributed by atoms with Crippen molar-refractivity contribution in [3.63, 3.8) is 0 Å². The molecule has 9 heteroatoms. The SMILES string of the molecule is COc1cc(CNC(=O)c2cc(NS(C)(=O)=O)ccc2Cl)ccc1OC(C)C. The van der Waals surface area contributed by atoms with Crippen molar-refractivity contribution in [2.24, 2.45) is 0 Å². The van der Waals surface area contributed by atoms with Crippen LogP contribution in [0.1, 0.15) is 29.8 Å². The fraction of sp³-hybridized carbons (Fsp3) is 0.316. The van der Waals surface area contributed by atoms with E-state index in [1.165, 1.54) is 18.2 Å². The van der Waals surface area contributed by atoms with Crippen LogP contribution in [0.3, 0.4) is 0 Å². The van der Waals surface area contributed by atoms with Gasteiger partial charge in [-0.3, -0.25) is 9.52 Å². The van der Waals surface area contributed by atoms with Crippen molar-refractivity contribution in [3.05, 3.63) is 52.5 Å². The van der Waals surface area contributed by atoms with E-state index in [-0.39, 0.29) is 28.9 Å². The monoisotopic (exact) mass is 426 g/mol. The molecule has 28 heavy (non-hydrogen) atoms. The number of anilines is 1. The lowest BCUT2D eigenvalue weighted by Crippen LogP contribution is -2.23. The smallest absolute Gasteiger partial charge is 0.253 e. The summed E-state index contributed by atoms with van der Waals surface area (Å²) in [7, 11) is -1.91. The van der Waals surface area contributed by atoms with Crippen molar-refractivity contribution >= 4 is 33.2 Å². The number of methoxy groups -OCH3 is 1. The van der Waals surface area contributed by atoms with Crippen molar-refractivity contribution in [1.82, 2.24) is 5.32 Å². The summed E-state index contributed by atoms with van der Waals surface area (Å²) in [6.07, 6.45) is 1.04. The van der Waals surface area contributed by atoms with E-state index in [1.54, 1.807) is 19.2 Å². The molecule has 0 radical (unpaired) electrons. The summed E-state index contributed by atoms with van der Waals surface area (Å²) in [6, 6.07) is 9.72. The average Bonchev–Trinajstić information content (AvgIpc) is 2.60. The Hall–Kier alpha value is -2.45. The van der Waals surface area contributed by atoms with Gasteiger partial charge >= 0.3 is 0 Å². The molecule has 2 aromatic carbocycles. The molecule has 2 rings (SSSR count). The first-order chi connectivity index (χ1) is 13.1. The fourth-order valence-electron chi connectivity index (χ4n) is 2.43. The Morgan fingerprint density at radius 3 is 2.46 bits per heavy atom. The summed E-state index contributed by atoms with van der Waals surface area (Å²) < 4.78 is 36.1. The third-order valence-corrected chi connectivity index (χ3v) is 4.49. The van der Waals surface area contributed by atoms with Crippen LogP contribution in [-0.4, -0.2) is 33.8 Å². The maximum atomic E-state index is 12.5. The number of nitrogens with one attached hydrogen (secondary N) is 2. The number of halogens is 1. The number of amides is 1. The molecule has 0 heterocycles. The van der Waals surface area contributed by atoms with Gasteiger partial charge in [-0.05, 0) is 49.7 Å². The van der Waals surface area contributed by atoms with Crippen molar-refractivity contribution in [2.75, 3.05) is 18.1 Å². The third-order valence-electron chi connectivity index (χ3n) is 3.56. The van der Waals surface area contributed by atoms with Crippen LogP contribution in [0.15, 0.2) is 36.4 Å². The maximum absolute atomic E-state index is 12.5. The molecule has 0 bridgehead atoms. The van der Waals surface area contributed by atoms with Crippen LogP contribution in [0, 0.1) is 0 Å². The topological polar surface area (TPSA) is 93.7 Å². The minimum absolute atomic E-state index is 0.00872. The second-order valence-electron chi connectivity index (χ2n) is 6.40. The number of carbonyl (C=O) groups is 1. The highest BCUT2D eigenvalue weighted by molar-refractivity contribution is 7.92. The Balaban J connectivity index is 2.12. The Kier molecular flexibility index (Phi) is 7.15. The Labute approximate surface area is 170 Å². The number of rotatable bonds is 8. The summed E-state index contributed by atoms with van der Waals surface area (Å²) in [5.41, 5.74) is 1.23. The van der Waals surface area contributed by atoms with Crippen LogP contribution >= 0.6 is 11.6 Å². The molecule has 2 N–H and O–H groups in total. The zero-order valence-corrected chi connectivity index (χ0v) is 17.6. The molecule has 0 aromatic heterocycles.